The Kier molecular flexibility index (Phi) is 5.58. The summed E-state index contributed by atoms with van der Waals surface area (Å²) in [6, 6.07) is 15.5. The number of thiazole rings is 1. The lowest BCUT2D eigenvalue weighted by Gasteiger charge is -2.23. The molecule has 37 heavy (non-hydrogen) atoms. The van der Waals surface area contributed by atoms with Gasteiger partial charge in [0.05, 0.1) is 21.8 Å². The van der Waals surface area contributed by atoms with Gasteiger partial charge in [-0.2, -0.15) is 0 Å². The molecule has 6 rings (SSSR count). The van der Waals surface area contributed by atoms with Crippen molar-refractivity contribution in [2.45, 2.75) is 39.3 Å². The van der Waals surface area contributed by atoms with Crippen LogP contribution in [0.1, 0.15) is 40.8 Å². The van der Waals surface area contributed by atoms with Crippen molar-refractivity contribution in [2.24, 2.45) is 0 Å². The summed E-state index contributed by atoms with van der Waals surface area (Å²) in [5.74, 6) is -0.977. The third kappa shape index (κ3) is 3.90. The van der Waals surface area contributed by atoms with Gasteiger partial charge in [0.15, 0.2) is 5.13 Å². The van der Waals surface area contributed by atoms with E-state index in [9.17, 15) is 14.7 Å². The van der Waals surface area contributed by atoms with Crippen LogP contribution in [-0.2, 0) is 16.0 Å². The number of halogens is 1. The summed E-state index contributed by atoms with van der Waals surface area (Å²) in [7, 11) is 0. The Hall–Kier alpha value is -3.68. The lowest BCUT2D eigenvalue weighted by atomic mass is 9.94. The minimum Gasteiger partial charge on any atom is -0.507 e. The quantitative estimate of drug-likeness (QED) is 0.185. The fraction of sp³-hybridized carbons (Fsp3) is 0.207. The molecular weight excluding hydrogens is 508 g/mol. The average Bonchev–Trinajstić information content (AvgIpc) is 3.51. The molecule has 2 aliphatic rings. The first kappa shape index (κ1) is 23.7. The van der Waals surface area contributed by atoms with E-state index >= 15 is 0 Å². The molecule has 8 heteroatoms. The lowest BCUT2D eigenvalue weighted by molar-refractivity contribution is -0.132. The van der Waals surface area contributed by atoms with Gasteiger partial charge in [0, 0.05) is 17.0 Å². The van der Waals surface area contributed by atoms with Gasteiger partial charge in [-0.05, 0) is 79.4 Å². The van der Waals surface area contributed by atoms with Crippen molar-refractivity contribution in [1.29, 1.82) is 0 Å². The van der Waals surface area contributed by atoms with E-state index in [4.69, 9.17) is 21.3 Å². The highest BCUT2D eigenvalue weighted by Crippen LogP contribution is 2.45. The van der Waals surface area contributed by atoms with Crippen LogP contribution < -0.4 is 9.64 Å². The predicted octanol–water partition coefficient (Wildman–Crippen LogP) is 6.52. The second-order valence-electron chi connectivity index (χ2n) is 9.60. The Balaban J connectivity index is 1.55. The van der Waals surface area contributed by atoms with Crippen LogP contribution in [0.25, 0.3) is 16.0 Å². The van der Waals surface area contributed by atoms with Crippen LogP contribution in [0.4, 0.5) is 5.13 Å². The summed E-state index contributed by atoms with van der Waals surface area (Å²) in [5, 5.41) is 12.3. The molecule has 0 saturated carbocycles. The van der Waals surface area contributed by atoms with Crippen molar-refractivity contribution in [3.8, 4) is 5.75 Å². The smallest absolute Gasteiger partial charge is 0.301 e. The van der Waals surface area contributed by atoms with Crippen LogP contribution >= 0.6 is 22.9 Å². The van der Waals surface area contributed by atoms with E-state index in [0.29, 0.717) is 27.7 Å². The number of aromatic nitrogens is 1. The van der Waals surface area contributed by atoms with E-state index in [1.54, 1.807) is 36.4 Å². The van der Waals surface area contributed by atoms with Crippen LogP contribution in [-0.4, -0.2) is 27.9 Å². The zero-order valence-electron chi connectivity index (χ0n) is 20.4. The molecule has 3 heterocycles. The Bertz CT molecular complexity index is 1660. The molecular formula is C29H23ClN2O4S. The third-order valence-electron chi connectivity index (χ3n) is 6.80. The number of nitrogens with zero attached hydrogens (tertiary/aromatic N) is 2. The Morgan fingerprint density at radius 3 is 2.73 bits per heavy atom. The van der Waals surface area contributed by atoms with Crippen molar-refractivity contribution in [2.75, 3.05) is 4.90 Å². The number of anilines is 1. The van der Waals surface area contributed by atoms with Crippen LogP contribution in [0.5, 0.6) is 5.75 Å². The molecule has 0 spiro atoms. The molecule has 1 amide bonds. The minimum atomic E-state index is -0.885. The zero-order chi connectivity index (χ0) is 26.0. The van der Waals surface area contributed by atoms with Crippen LogP contribution in [0.3, 0.4) is 0 Å². The molecule has 6 nitrogen and oxygen atoms in total. The van der Waals surface area contributed by atoms with E-state index in [1.165, 1.54) is 16.2 Å². The number of hydrogen-bond acceptors (Lipinski definition) is 6. The normalized spacial score (nSPS) is 20.5. The Morgan fingerprint density at radius 2 is 1.95 bits per heavy atom. The highest BCUT2D eigenvalue weighted by atomic mass is 35.5. The van der Waals surface area contributed by atoms with Gasteiger partial charge >= 0.3 is 5.91 Å². The second-order valence-corrected chi connectivity index (χ2v) is 11.0. The Labute approximate surface area is 222 Å². The number of amides is 1. The topological polar surface area (TPSA) is 79.7 Å². The van der Waals surface area contributed by atoms with Gasteiger partial charge in [-0.25, -0.2) is 4.98 Å². The van der Waals surface area contributed by atoms with Gasteiger partial charge < -0.3 is 9.84 Å². The molecule has 2 aliphatic heterocycles. The van der Waals surface area contributed by atoms with Crippen molar-refractivity contribution >= 4 is 55.7 Å². The molecule has 0 bridgehead atoms. The van der Waals surface area contributed by atoms with E-state index in [1.807, 2.05) is 39.0 Å². The molecule has 1 fully saturated rings. The average molecular weight is 531 g/mol. The number of aryl methyl sites for hydroxylation is 2. The summed E-state index contributed by atoms with van der Waals surface area (Å²) >= 11 is 7.67. The van der Waals surface area contributed by atoms with Crippen LogP contribution in [0.15, 0.2) is 60.2 Å². The largest absolute Gasteiger partial charge is 0.507 e. The van der Waals surface area contributed by atoms with Crippen molar-refractivity contribution in [3.05, 3.63) is 93.0 Å². The van der Waals surface area contributed by atoms with Crippen molar-refractivity contribution < 1.29 is 19.4 Å². The minimum absolute atomic E-state index is 0.00587. The molecule has 2 atom stereocenters. The van der Waals surface area contributed by atoms with E-state index in [2.05, 4.69) is 0 Å². The predicted molar refractivity (Wildman–Crippen MR) is 146 cm³/mol. The fourth-order valence-corrected chi connectivity index (χ4v) is 6.58. The van der Waals surface area contributed by atoms with Gasteiger partial charge in [0.25, 0.3) is 5.78 Å². The van der Waals surface area contributed by atoms with E-state index in [-0.39, 0.29) is 17.4 Å². The Morgan fingerprint density at radius 1 is 1.14 bits per heavy atom. The summed E-state index contributed by atoms with van der Waals surface area (Å²) in [6.45, 7) is 5.96. The number of ether oxygens (including phenoxy) is 1. The van der Waals surface area contributed by atoms with Gasteiger partial charge in [0.2, 0.25) is 0 Å². The van der Waals surface area contributed by atoms with Gasteiger partial charge in [0.1, 0.15) is 17.6 Å². The molecule has 0 radical (unpaired) electrons. The maximum atomic E-state index is 13.5. The van der Waals surface area contributed by atoms with Gasteiger partial charge in [-0.1, -0.05) is 41.1 Å². The third-order valence-corrected chi connectivity index (χ3v) is 8.04. The summed E-state index contributed by atoms with van der Waals surface area (Å²) in [5.41, 5.74) is 4.88. The maximum Gasteiger partial charge on any atom is 0.301 e. The van der Waals surface area contributed by atoms with Crippen LogP contribution in [0, 0.1) is 13.8 Å². The lowest BCUT2D eigenvalue weighted by Crippen LogP contribution is -2.29. The summed E-state index contributed by atoms with van der Waals surface area (Å²) in [6.07, 6.45) is 0.739. The molecule has 1 aromatic heterocycles. The van der Waals surface area contributed by atoms with E-state index < -0.39 is 17.7 Å². The molecule has 3 aromatic carbocycles. The molecule has 0 unspecified atom stereocenters. The number of hydrogen-bond donors (Lipinski definition) is 1. The molecule has 186 valence electrons. The monoisotopic (exact) mass is 530 g/mol. The highest BCUT2D eigenvalue weighted by molar-refractivity contribution is 7.22. The standard InChI is InChI=1S/C29H23ClN2O4S/c1-14-9-15(2)24-22(10-14)37-29(31-24)32-25(17-5-4-6-20(30)13-17)23(27(34)28(32)35)26(33)18-7-8-21-19(12-18)11-16(3)36-21/h4-10,12-13,16,25,33H,11H2,1-3H3/t16-,25+/m0/s1. The SMILES string of the molecule is Cc1cc(C)c2nc(N3C(=O)C(=O)C(=C(O)c4ccc5c(c4)C[C@H](C)O5)[C@H]3c3cccc(Cl)c3)sc2c1. The number of benzene rings is 3. The summed E-state index contributed by atoms with van der Waals surface area (Å²) < 4.78 is 6.71. The number of Topliss-reactive ketones (excluding diaryl/α,β-unsaturated/α-hetero) is 1. The second kappa shape index (κ2) is 8.71. The molecule has 0 aliphatic carbocycles. The zero-order valence-corrected chi connectivity index (χ0v) is 22.0. The molecule has 4 aromatic rings. The number of aliphatic hydroxyl groups is 1. The first-order valence-electron chi connectivity index (χ1n) is 12.0. The van der Waals surface area contributed by atoms with Crippen molar-refractivity contribution in [1.82, 2.24) is 4.98 Å². The van der Waals surface area contributed by atoms with Gasteiger partial charge in [-0.3, -0.25) is 14.5 Å². The number of aliphatic hydroxyl groups excluding tert-OH is 1. The number of ketones is 1. The van der Waals surface area contributed by atoms with E-state index in [0.717, 1.165) is 32.7 Å². The first-order chi connectivity index (χ1) is 17.7. The number of carbonyl (C=O) groups is 2. The van der Waals surface area contributed by atoms with Crippen LogP contribution in [0.2, 0.25) is 5.02 Å². The maximum absolute atomic E-state index is 13.5. The molecule has 1 saturated heterocycles. The van der Waals surface area contributed by atoms with Crippen molar-refractivity contribution in [3.63, 3.8) is 0 Å². The summed E-state index contributed by atoms with van der Waals surface area (Å²) in [4.78, 5) is 33.2. The first-order valence-corrected chi connectivity index (χ1v) is 13.1. The highest BCUT2D eigenvalue weighted by Gasteiger charge is 2.48. The fourth-order valence-electron chi connectivity index (χ4n) is 5.21. The number of carbonyl (C=O) groups excluding carboxylic acids is 2. The number of rotatable bonds is 3. The number of fused-ring (bicyclic) bond motifs is 2. The van der Waals surface area contributed by atoms with Gasteiger partial charge in [-0.15, -0.1) is 0 Å². The molecule has 1 N–H and O–H groups in total.